The average Bonchev–Trinajstić information content (AvgIpc) is 2.79. The Hall–Kier alpha value is -1.08. The van der Waals surface area contributed by atoms with Gasteiger partial charge in [0, 0.05) is 56.4 Å². The minimum Gasteiger partial charge on any atom is -0.356 e. The van der Waals surface area contributed by atoms with Gasteiger partial charge < -0.3 is 15.2 Å². The fourth-order valence-electron chi connectivity index (χ4n) is 3.25. The lowest BCUT2D eigenvalue weighted by Gasteiger charge is -2.22. The number of aromatic nitrogens is 3. The third kappa shape index (κ3) is 4.94. The van der Waals surface area contributed by atoms with E-state index in [9.17, 15) is 4.79 Å². The summed E-state index contributed by atoms with van der Waals surface area (Å²) in [5.41, 5.74) is 0. The van der Waals surface area contributed by atoms with Gasteiger partial charge in [-0.1, -0.05) is 6.42 Å². The largest absolute Gasteiger partial charge is 0.356 e. The number of nitrogens with zero attached hydrogens (tertiary/aromatic N) is 3. The number of hydrogen-bond donors (Lipinski definition) is 2. The van der Waals surface area contributed by atoms with E-state index in [-0.39, 0.29) is 5.91 Å². The van der Waals surface area contributed by atoms with Gasteiger partial charge in [0.25, 0.3) is 0 Å². The molecule has 0 bridgehead atoms. The van der Waals surface area contributed by atoms with E-state index in [1.165, 1.54) is 19.3 Å². The Balaban J connectivity index is 1.36. The van der Waals surface area contributed by atoms with Crippen LogP contribution in [0.1, 0.15) is 43.8 Å². The first kappa shape index (κ1) is 16.8. The van der Waals surface area contributed by atoms with Gasteiger partial charge in [0.15, 0.2) is 0 Å². The lowest BCUT2D eigenvalue weighted by molar-refractivity contribution is -0.121. The highest BCUT2D eigenvalue weighted by Crippen LogP contribution is 2.15. The highest BCUT2D eigenvalue weighted by molar-refractivity contribution is 7.99. The molecule has 3 rings (SSSR count). The minimum atomic E-state index is 0.157. The van der Waals surface area contributed by atoms with Crippen molar-refractivity contribution >= 4 is 17.7 Å². The summed E-state index contributed by atoms with van der Waals surface area (Å²) in [6.07, 6.45) is 7.19. The van der Waals surface area contributed by atoms with Gasteiger partial charge in [0.1, 0.15) is 11.6 Å². The summed E-state index contributed by atoms with van der Waals surface area (Å²) < 4.78 is 2.29. The first-order valence-electron chi connectivity index (χ1n) is 8.82. The number of thioether (sulfide) groups is 1. The van der Waals surface area contributed by atoms with Crippen LogP contribution in [0, 0.1) is 0 Å². The number of amides is 1. The SMILES string of the molecule is O=C(CC1CSCCN1)NCCCc1nnc2n1CCCCC2. The number of aryl methyl sites for hydroxylation is 2. The average molecular weight is 337 g/mol. The van der Waals surface area contributed by atoms with Crippen molar-refractivity contribution in [2.24, 2.45) is 0 Å². The number of rotatable bonds is 6. The quantitative estimate of drug-likeness (QED) is 0.762. The Kier molecular flexibility index (Phi) is 6.33. The van der Waals surface area contributed by atoms with Crippen molar-refractivity contribution < 1.29 is 4.79 Å². The predicted octanol–water partition coefficient (Wildman–Crippen LogP) is 1.15. The molecule has 0 spiro atoms. The number of fused-ring (bicyclic) bond motifs is 1. The molecule has 3 heterocycles. The molecule has 2 aliphatic heterocycles. The van der Waals surface area contributed by atoms with Crippen molar-refractivity contribution in [1.82, 2.24) is 25.4 Å². The monoisotopic (exact) mass is 337 g/mol. The van der Waals surface area contributed by atoms with Gasteiger partial charge in [-0.3, -0.25) is 4.79 Å². The molecule has 1 amide bonds. The fourth-order valence-corrected chi connectivity index (χ4v) is 4.20. The molecule has 1 aromatic heterocycles. The molecule has 0 saturated carbocycles. The van der Waals surface area contributed by atoms with E-state index in [2.05, 4.69) is 25.4 Å². The molecule has 1 saturated heterocycles. The minimum absolute atomic E-state index is 0.157. The van der Waals surface area contributed by atoms with Crippen LogP contribution in [0.25, 0.3) is 0 Å². The number of carbonyl (C=O) groups is 1. The summed E-state index contributed by atoms with van der Waals surface area (Å²) in [6, 6.07) is 0.334. The van der Waals surface area contributed by atoms with E-state index < -0.39 is 0 Å². The molecule has 1 unspecified atom stereocenters. The molecule has 1 atom stereocenters. The zero-order chi connectivity index (χ0) is 15.9. The Morgan fingerprint density at radius 3 is 3.17 bits per heavy atom. The van der Waals surface area contributed by atoms with Gasteiger partial charge in [-0.2, -0.15) is 11.8 Å². The maximum Gasteiger partial charge on any atom is 0.221 e. The first-order valence-corrected chi connectivity index (χ1v) is 9.97. The summed E-state index contributed by atoms with van der Waals surface area (Å²) in [6.45, 7) is 2.79. The molecule has 7 heteroatoms. The maximum absolute atomic E-state index is 12.0. The van der Waals surface area contributed by atoms with E-state index in [1.807, 2.05) is 11.8 Å². The van der Waals surface area contributed by atoms with Gasteiger partial charge in [-0.15, -0.1) is 10.2 Å². The molecule has 1 fully saturated rings. The van der Waals surface area contributed by atoms with Crippen molar-refractivity contribution in [2.45, 2.75) is 57.5 Å². The molecule has 23 heavy (non-hydrogen) atoms. The summed E-state index contributed by atoms with van der Waals surface area (Å²) in [5, 5.41) is 15.1. The van der Waals surface area contributed by atoms with E-state index in [1.54, 1.807) is 0 Å². The van der Waals surface area contributed by atoms with Crippen LogP contribution in [0.4, 0.5) is 0 Å². The van der Waals surface area contributed by atoms with Crippen molar-refractivity contribution in [3.63, 3.8) is 0 Å². The fraction of sp³-hybridized carbons (Fsp3) is 0.812. The van der Waals surface area contributed by atoms with Crippen LogP contribution in [0.15, 0.2) is 0 Å². The van der Waals surface area contributed by atoms with Crippen molar-refractivity contribution in [3.05, 3.63) is 11.6 Å². The smallest absolute Gasteiger partial charge is 0.221 e. The summed E-state index contributed by atoms with van der Waals surface area (Å²) in [7, 11) is 0. The van der Waals surface area contributed by atoms with Gasteiger partial charge in [0.2, 0.25) is 5.91 Å². The second-order valence-corrected chi connectivity index (χ2v) is 7.53. The highest BCUT2D eigenvalue weighted by atomic mass is 32.2. The third-order valence-electron chi connectivity index (χ3n) is 4.52. The van der Waals surface area contributed by atoms with Crippen LogP contribution in [-0.4, -0.2) is 51.3 Å². The zero-order valence-corrected chi connectivity index (χ0v) is 14.5. The predicted molar refractivity (Wildman–Crippen MR) is 92.6 cm³/mol. The second kappa shape index (κ2) is 8.68. The molecular weight excluding hydrogens is 310 g/mol. The van der Waals surface area contributed by atoms with E-state index in [4.69, 9.17) is 0 Å². The summed E-state index contributed by atoms with van der Waals surface area (Å²) in [4.78, 5) is 12.0. The second-order valence-electron chi connectivity index (χ2n) is 6.38. The zero-order valence-electron chi connectivity index (χ0n) is 13.7. The molecule has 6 nitrogen and oxygen atoms in total. The topological polar surface area (TPSA) is 71.8 Å². The van der Waals surface area contributed by atoms with Gasteiger partial charge in [0.05, 0.1) is 0 Å². The van der Waals surface area contributed by atoms with E-state index >= 15 is 0 Å². The standard InChI is InChI=1S/C16H27N5OS/c22-16(11-13-12-23-10-8-17-13)18-7-4-6-15-20-19-14-5-2-1-3-9-21(14)15/h13,17H,1-12H2,(H,18,22). The van der Waals surface area contributed by atoms with Crippen LogP contribution in [0.3, 0.4) is 0 Å². The van der Waals surface area contributed by atoms with Gasteiger partial charge in [-0.05, 0) is 19.3 Å². The molecule has 2 aliphatic rings. The summed E-state index contributed by atoms with van der Waals surface area (Å²) in [5.74, 6) is 4.58. The van der Waals surface area contributed by atoms with E-state index in [0.29, 0.717) is 12.5 Å². The Bertz CT molecular complexity index is 513. The third-order valence-corrected chi connectivity index (χ3v) is 5.65. The first-order chi connectivity index (χ1) is 11.3. The van der Waals surface area contributed by atoms with Gasteiger partial charge in [-0.25, -0.2) is 0 Å². The van der Waals surface area contributed by atoms with Crippen LogP contribution in [0.2, 0.25) is 0 Å². The lowest BCUT2D eigenvalue weighted by Crippen LogP contribution is -2.41. The molecule has 0 radical (unpaired) electrons. The van der Waals surface area contributed by atoms with Crippen molar-refractivity contribution in [1.29, 1.82) is 0 Å². The van der Waals surface area contributed by atoms with Gasteiger partial charge >= 0.3 is 0 Å². The maximum atomic E-state index is 12.0. The highest BCUT2D eigenvalue weighted by Gasteiger charge is 2.17. The number of carbonyl (C=O) groups excluding carboxylic acids is 1. The van der Waals surface area contributed by atoms with Crippen LogP contribution < -0.4 is 10.6 Å². The molecule has 0 aliphatic carbocycles. The molecular formula is C16H27N5OS. The Morgan fingerprint density at radius 2 is 2.30 bits per heavy atom. The molecule has 128 valence electrons. The number of hydrogen-bond acceptors (Lipinski definition) is 5. The van der Waals surface area contributed by atoms with Crippen molar-refractivity contribution in [2.75, 3.05) is 24.6 Å². The molecule has 0 aromatic carbocycles. The Labute approximate surface area is 142 Å². The lowest BCUT2D eigenvalue weighted by atomic mass is 10.2. The normalized spacial score (nSPS) is 21.5. The van der Waals surface area contributed by atoms with Crippen molar-refractivity contribution in [3.8, 4) is 0 Å². The molecule has 1 aromatic rings. The number of nitrogens with one attached hydrogen (secondary N) is 2. The van der Waals surface area contributed by atoms with Crippen LogP contribution in [0.5, 0.6) is 0 Å². The van der Waals surface area contributed by atoms with Crippen LogP contribution in [-0.2, 0) is 24.2 Å². The van der Waals surface area contributed by atoms with E-state index in [0.717, 1.165) is 62.1 Å². The molecule has 2 N–H and O–H groups in total. The Morgan fingerprint density at radius 1 is 1.35 bits per heavy atom. The van der Waals surface area contributed by atoms with Crippen LogP contribution >= 0.6 is 11.8 Å². The summed E-state index contributed by atoms with van der Waals surface area (Å²) >= 11 is 1.93.